The monoisotopic (exact) mass is 408 g/mol. The van der Waals surface area contributed by atoms with Gasteiger partial charge in [-0.3, -0.25) is 5.43 Å². The fraction of sp³-hybridized carbons (Fsp3) is 0.435. The van der Waals surface area contributed by atoms with Gasteiger partial charge in [0.25, 0.3) is 0 Å². The zero-order valence-electron chi connectivity index (χ0n) is 17.5. The second-order valence-corrected chi connectivity index (χ2v) is 9.60. The van der Waals surface area contributed by atoms with E-state index in [1.165, 1.54) is 23.3 Å². The Balaban J connectivity index is 1.69. The number of aromatic hydroxyl groups is 1. The maximum Gasteiger partial charge on any atom is 0.158 e. The topological polar surface area (TPSA) is 70.4 Å². The fourth-order valence-corrected chi connectivity index (χ4v) is 5.31. The molecule has 152 valence electrons. The van der Waals surface area contributed by atoms with Crippen molar-refractivity contribution in [2.24, 2.45) is 16.4 Å². The Morgan fingerprint density at radius 1 is 1.31 bits per heavy atom. The van der Waals surface area contributed by atoms with Gasteiger partial charge in [-0.15, -0.1) is 11.3 Å². The van der Waals surface area contributed by atoms with Crippen LogP contribution in [0.4, 0.5) is 5.82 Å². The molecule has 6 heteroatoms. The number of benzene rings is 1. The molecule has 1 atom stereocenters. The first kappa shape index (κ1) is 19.8. The first-order chi connectivity index (χ1) is 13.9. The van der Waals surface area contributed by atoms with E-state index in [2.05, 4.69) is 41.3 Å². The van der Waals surface area contributed by atoms with E-state index < -0.39 is 0 Å². The number of aryl methyl sites for hydroxylation is 1. The number of hydrogen-bond donors (Lipinski definition) is 2. The third-order valence-corrected chi connectivity index (χ3v) is 7.68. The van der Waals surface area contributed by atoms with Gasteiger partial charge in [-0.2, -0.15) is 5.10 Å². The molecular formula is C23H28N4OS. The second-order valence-electron chi connectivity index (χ2n) is 8.51. The summed E-state index contributed by atoms with van der Waals surface area (Å²) < 4.78 is 0. The van der Waals surface area contributed by atoms with Crippen molar-refractivity contribution in [1.29, 1.82) is 0 Å². The first-order valence-corrected chi connectivity index (χ1v) is 11.1. The lowest BCUT2D eigenvalue weighted by Gasteiger charge is -2.36. The van der Waals surface area contributed by atoms with Crippen LogP contribution in [0.2, 0.25) is 0 Å². The van der Waals surface area contributed by atoms with Crippen molar-refractivity contribution in [3.05, 3.63) is 46.6 Å². The zero-order chi connectivity index (χ0) is 20.6. The number of thiophene rings is 1. The van der Waals surface area contributed by atoms with Crippen molar-refractivity contribution < 1.29 is 5.11 Å². The van der Waals surface area contributed by atoms with Crippen LogP contribution in [0, 0.1) is 11.3 Å². The average Bonchev–Trinajstić information content (AvgIpc) is 3.10. The number of phenols is 1. The lowest BCUT2D eigenvalue weighted by atomic mass is 9.69. The van der Waals surface area contributed by atoms with E-state index in [9.17, 15) is 5.11 Å². The normalized spacial score (nSPS) is 17.4. The summed E-state index contributed by atoms with van der Waals surface area (Å²) in [6, 6.07) is 7.22. The number of hydrogen-bond acceptors (Lipinski definition) is 6. The van der Waals surface area contributed by atoms with Crippen molar-refractivity contribution in [2.45, 2.75) is 53.4 Å². The highest BCUT2D eigenvalue weighted by Gasteiger charge is 2.33. The van der Waals surface area contributed by atoms with E-state index in [4.69, 9.17) is 0 Å². The highest BCUT2D eigenvalue weighted by Crippen LogP contribution is 2.45. The van der Waals surface area contributed by atoms with Gasteiger partial charge < -0.3 is 5.11 Å². The summed E-state index contributed by atoms with van der Waals surface area (Å²) in [4.78, 5) is 11.5. The summed E-state index contributed by atoms with van der Waals surface area (Å²) in [7, 11) is 0. The van der Waals surface area contributed by atoms with Crippen molar-refractivity contribution in [2.75, 3.05) is 5.43 Å². The summed E-state index contributed by atoms with van der Waals surface area (Å²) in [5.74, 6) is 1.63. The first-order valence-electron chi connectivity index (χ1n) is 10.2. The maximum absolute atomic E-state index is 10.1. The Hall–Kier alpha value is -2.47. The highest BCUT2D eigenvalue weighted by molar-refractivity contribution is 7.19. The molecule has 0 aliphatic heterocycles. The smallest absolute Gasteiger partial charge is 0.158 e. The average molecular weight is 409 g/mol. The van der Waals surface area contributed by atoms with Gasteiger partial charge in [0.05, 0.1) is 11.1 Å². The molecule has 1 aromatic carbocycles. The molecule has 0 bridgehead atoms. The molecule has 4 rings (SSSR count). The molecule has 0 spiro atoms. The summed E-state index contributed by atoms with van der Waals surface area (Å²) >= 11 is 1.79. The van der Waals surface area contributed by atoms with Crippen molar-refractivity contribution >= 4 is 33.1 Å². The Morgan fingerprint density at radius 3 is 2.86 bits per heavy atom. The van der Waals surface area contributed by atoms with E-state index in [1.54, 1.807) is 29.8 Å². The largest absolute Gasteiger partial charge is 0.507 e. The van der Waals surface area contributed by atoms with E-state index in [-0.39, 0.29) is 5.75 Å². The van der Waals surface area contributed by atoms with Gasteiger partial charge in [-0.05, 0) is 55.2 Å². The van der Waals surface area contributed by atoms with Crippen LogP contribution in [0.3, 0.4) is 0 Å². The minimum Gasteiger partial charge on any atom is -0.507 e. The Bertz CT molecular complexity index is 1070. The summed E-state index contributed by atoms with van der Waals surface area (Å²) in [6.07, 6.45) is 6.21. The molecule has 2 N–H and O–H groups in total. The minimum absolute atomic E-state index is 0.223. The van der Waals surface area contributed by atoms with Crippen LogP contribution in [0.25, 0.3) is 10.2 Å². The van der Waals surface area contributed by atoms with Crippen molar-refractivity contribution in [3.63, 3.8) is 0 Å². The van der Waals surface area contributed by atoms with Gasteiger partial charge in [0.15, 0.2) is 5.82 Å². The molecule has 1 unspecified atom stereocenters. The molecule has 1 aliphatic rings. The standard InChI is InChI=1S/C23H28N4OS/c1-5-23(3,4)15-10-11-19-17(12-15)20-21(24-13-25-22(20)29-19)27-26-14(2)16-8-6-7-9-18(16)28/h6-9,13,15,28H,5,10-12H2,1-4H3,(H,24,25,27). The van der Waals surface area contributed by atoms with E-state index in [0.717, 1.165) is 28.9 Å². The highest BCUT2D eigenvalue weighted by atomic mass is 32.1. The van der Waals surface area contributed by atoms with Gasteiger partial charge in [0.1, 0.15) is 16.9 Å². The molecule has 0 saturated heterocycles. The number of phenolic OH excluding ortho intramolecular Hbond substituents is 1. The molecular weight excluding hydrogens is 380 g/mol. The van der Waals surface area contributed by atoms with Crippen LogP contribution < -0.4 is 5.43 Å². The predicted molar refractivity (Wildman–Crippen MR) is 121 cm³/mol. The molecule has 0 fully saturated rings. The van der Waals surface area contributed by atoms with Crippen LogP contribution in [0.1, 0.15) is 56.5 Å². The van der Waals surface area contributed by atoms with Gasteiger partial charge in [0.2, 0.25) is 0 Å². The molecule has 3 aromatic rings. The van der Waals surface area contributed by atoms with E-state index in [0.29, 0.717) is 22.6 Å². The Morgan fingerprint density at radius 2 is 2.10 bits per heavy atom. The molecule has 5 nitrogen and oxygen atoms in total. The summed E-state index contributed by atoms with van der Waals surface area (Å²) in [5.41, 5.74) is 6.29. The number of anilines is 1. The zero-order valence-corrected chi connectivity index (χ0v) is 18.3. The van der Waals surface area contributed by atoms with Crippen LogP contribution in [0.15, 0.2) is 35.7 Å². The molecule has 2 aromatic heterocycles. The second kappa shape index (κ2) is 7.75. The SMILES string of the molecule is CCC(C)(C)C1CCc2sc3ncnc(NN=C(C)c4ccccc4O)c3c2C1. The third kappa shape index (κ3) is 3.73. The number of hydrazone groups is 1. The van der Waals surface area contributed by atoms with Crippen LogP contribution in [-0.2, 0) is 12.8 Å². The van der Waals surface area contributed by atoms with Crippen molar-refractivity contribution in [3.8, 4) is 5.75 Å². The molecule has 1 aliphatic carbocycles. The molecule has 0 radical (unpaired) electrons. The quantitative estimate of drug-likeness (QED) is 0.415. The van der Waals surface area contributed by atoms with Crippen LogP contribution in [0.5, 0.6) is 5.75 Å². The number of para-hydroxylation sites is 1. The fourth-order valence-electron chi connectivity index (χ4n) is 4.13. The van der Waals surface area contributed by atoms with Crippen LogP contribution in [-0.4, -0.2) is 20.8 Å². The van der Waals surface area contributed by atoms with Crippen LogP contribution >= 0.6 is 11.3 Å². The maximum atomic E-state index is 10.1. The third-order valence-electron chi connectivity index (χ3n) is 6.48. The van der Waals surface area contributed by atoms with Gasteiger partial charge in [-0.25, -0.2) is 9.97 Å². The Labute approximate surface area is 175 Å². The number of aromatic nitrogens is 2. The minimum atomic E-state index is 0.223. The molecule has 0 amide bonds. The number of fused-ring (bicyclic) bond motifs is 3. The van der Waals surface area contributed by atoms with Gasteiger partial charge in [-0.1, -0.05) is 39.3 Å². The van der Waals surface area contributed by atoms with E-state index >= 15 is 0 Å². The number of nitrogens with one attached hydrogen (secondary N) is 1. The van der Waals surface area contributed by atoms with E-state index in [1.807, 2.05) is 19.1 Å². The number of nitrogens with zero attached hydrogens (tertiary/aromatic N) is 3. The number of rotatable bonds is 5. The lowest BCUT2D eigenvalue weighted by molar-refractivity contribution is 0.184. The summed E-state index contributed by atoms with van der Waals surface area (Å²) in [6.45, 7) is 8.93. The molecule has 29 heavy (non-hydrogen) atoms. The van der Waals surface area contributed by atoms with Gasteiger partial charge in [0, 0.05) is 10.4 Å². The predicted octanol–water partition coefficient (Wildman–Crippen LogP) is 5.77. The summed E-state index contributed by atoms with van der Waals surface area (Å²) in [5, 5.41) is 15.7. The lowest BCUT2D eigenvalue weighted by Crippen LogP contribution is -2.28. The Kier molecular flexibility index (Phi) is 5.30. The van der Waals surface area contributed by atoms with Crippen molar-refractivity contribution in [1.82, 2.24) is 9.97 Å². The van der Waals surface area contributed by atoms with Gasteiger partial charge >= 0.3 is 0 Å². The molecule has 0 saturated carbocycles. The molecule has 2 heterocycles.